The molecular formula is C13H9F3N4. The zero-order valence-electron chi connectivity index (χ0n) is 10.1. The van der Waals surface area contributed by atoms with Crippen LogP contribution in [-0.4, -0.2) is 14.6 Å². The van der Waals surface area contributed by atoms with E-state index in [1.165, 1.54) is 28.9 Å². The molecule has 0 spiro atoms. The van der Waals surface area contributed by atoms with Crippen molar-refractivity contribution in [3.63, 3.8) is 0 Å². The molecule has 1 aromatic carbocycles. The number of alkyl halides is 3. The number of nitrogens with two attached hydrogens (primary N) is 1. The summed E-state index contributed by atoms with van der Waals surface area (Å²) in [6.45, 7) is 0. The lowest BCUT2D eigenvalue weighted by atomic mass is 10.1. The van der Waals surface area contributed by atoms with Gasteiger partial charge in [0.05, 0.1) is 17.4 Å². The first-order chi connectivity index (χ1) is 9.45. The van der Waals surface area contributed by atoms with Crippen LogP contribution in [0.3, 0.4) is 0 Å². The SMILES string of the molecule is Nc1ccc2nc(-c3ccccc3C(F)(F)F)nn2c1. The molecule has 2 heterocycles. The average molecular weight is 278 g/mol. The number of rotatable bonds is 1. The van der Waals surface area contributed by atoms with Crippen LogP contribution in [0.15, 0.2) is 42.6 Å². The van der Waals surface area contributed by atoms with E-state index in [2.05, 4.69) is 10.1 Å². The van der Waals surface area contributed by atoms with E-state index in [0.717, 1.165) is 6.07 Å². The van der Waals surface area contributed by atoms with Crippen LogP contribution in [0.2, 0.25) is 0 Å². The maximum atomic E-state index is 13.0. The van der Waals surface area contributed by atoms with Crippen molar-refractivity contribution in [2.45, 2.75) is 6.18 Å². The Hall–Kier alpha value is -2.57. The Kier molecular flexibility index (Phi) is 2.63. The van der Waals surface area contributed by atoms with Gasteiger partial charge >= 0.3 is 6.18 Å². The van der Waals surface area contributed by atoms with Gasteiger partial charge in [0.15, 0.2) is 11.5 Å². The minimum atomic E-state index is -4.45. The fourth-order valence-electron chi connectivity index (χ4n) is 1.94. The van der Waals surface area contributed by atoms with E-state index in [1.54, 1.807) is 12.1 Å². The molecule has 20 heavy (non-hydrogen) atoms. The second-order valence-electron chi connectivity index (χ2n) is 4.24. The number of hydrogen-bond donors (Lipinski definition) is 1. The van der Waals surface area contributed by atoms with Crippen molar-refractivity contribution >= 4 is 11.3 Å². The van der Waals surface area contributed by atoms with Gasteiger partial charge < -0.3 is 5.73 Å². The quantitative estimate of drug-likeness (QED) is 0.744. The fourth-order valence-corrected chi connectivity index (χ4v) is 1.94. The van der Waals surface area contributed by atoms with Gasteiger partial charge in [0.2, 0.25) is 0 Å². The fraction of sp³-hybridized carbons (Fsp3) is 0.0769. The molecule has 0 fully saturated rings. The summed E-state index contributed by atoms with van der Waals surface area (Å²) in [5.74, 6) is 0.0172. The van der Waals surface area contributed by atoms with E-state index in [0.29, 0.717) is 11.3 Å². The van der Waals surface area contributed by atoms with Crippen molar-refractivity contribution in [1.29, 1.82) is 0 Å². The molecule has 2 aromatic heterocycles. The summed E-state index contributed by atoms with van der Waals surface area (Å²) in [7, 11) is 0. The van der Waals surface area contributed by atoms with Crippen molar-refractivity contribution in [3.05, 3.63) is 48.2 Å². The highest BCUT2D eigenvalue weighted by molar-refractivity contribution is 5.63. The predicted molar refractivity (Wildman–Crippen MR) is 67.8 cm³/mol. The summed E-state index contributed by atoms with van der Waals surface area (Å²) in [5.41, 5.74) is 5.68. The van der Waals surface area contributed by atoms with E-state index >= 15 is 0 Å². The van der Waals surface area contributed by atoms with Crippen molar-refractivity contribution < 1.29 is 13.2 Å². The number of anilines is 1. The Labute approximate surface area is 111 Å². The van der Waals surface area contributed by atoms with Crippen LogP contribution in [0.5, 0.6) is 0 Å². The van der Waals surface area contributed by atoms with Gasteiger partial charge in [-0.15, -0.1) is 5.10 Å². The van der Waals surface area contributed by atoms with Crippen LogP contribution in [0.1, 0.15) is 5.56 Å². The molecule has 0 bridgehead atoms. The molecule has 2 N–H and O–H groups in total. The molecule has 7 heteroatoms. The lowest BCUT2D eigenvalue weighted by Gasteiger charge is -2.09. The molecule has 4 nitrogen and oxygen atoms in total. The summed E-state index contributed by atoms with van der Waals surface area (Å²) < 4.78 is 40.3. The minimum Gasteiger partial charge on any atom is -0.397 e. The van der Waals surface area contributed by atoms with Crippen LogP contribution < -0.4 is 5.73 Å². The average Bonchev–Trinajstić information content (AvgIpc) is 2.80. The smallest absolute Gasteiger partial charge is 0.397 e. The van der Waals surface area contributed by atoms with Crippen molar-refractivity contribution in [2.24, 2.45) is 0 Å². The summed E-state index contributed by atoms with van der Waals surface area (Å²) in [6, 6.07) is 8.42. The third-order valence-electron chi connectivity index (χ3n) is 2.83. The lowest BCUT2D eigenvalue weighted by molar-refractivity contribution is -0.137. The second kappa shape index (κ2) is 4.22. The van der Waals surface area contributed by atoms with Gasteiger partial charge in [-0.2, -0.15) is 13.2 Å². The first kappa shape index (κ1) is 12.5. The normalized spacial score (nSPS) is 11.9. The van der Waals surface area contributed by atoms with Gasteiger partial charge in [-0.25, -0.2) is 9.50 Å². The number of nitrogen functional groups attached to an aromatic ring is 1. The number of aromatic nitrogens is 3. The highest BCUT2D eigenvalue weighted by atomic mass is 19.4. The first-order valence-electron chi connectivity index (χ1n) is 5.73. The molecule has 102 valence electrons. The Morgan fingerprint density at radius 2 is 1.80 bits per heavy atom. The second-order valence-corrected chi connectivity index (χ2v) is 4.24. The summed E-state index contributed by atoms with van der Waals surface area (Å²) in [4.78, 5) is 4.09. The number of hydrogen-bond acceptors (Lipinski definition) is 3. The summed E-state index contributed by atoms with van der Waals surface area (Å²) >= 11 is 0. The maximum Gasteiger partial charge on any atom is 0.417 e. The van der Waals surface area contributed by atoms with Gasteiger partial charge in [0.1, 0.15) is 0 Å². The molecule has 0 radical (unpaired) electrons. The van der Waals surface area contributed by atoms with Crippen LogP contribution >= 0.6 is 0 Å². The molecule has 3 rings (SSSR count). The summed E-state index contributed by atoms with van der Waals surface area (Å²) in [6.07, 6.45) is -2.95. The Balaban J connectivity index is 2.21. The lowest BCUT2D eigenvalue weighted by Crippen LogP contribution is -2.07. The van der Waals surface area contributed by atoms with Crippen molar-refractivity contribution in [1.82, 2.24) is 14.6 Å². The Morgan fingerprint density at radius 1 is 1.05 bits per heavy atom. The number of halogens is 3. The predicted octanol–water partition coefficient (Wildman–Crippen LogP) is 3.00. The molecule has 0 atom stereocenters. The molecule has 3 aromatic rings. The minimum absolute atomic E-state index is 0.0172. The van der Waals surface area contributed by atoms with E-state index in [1.807, 2.05) is 0 Å². The molecule has 0 saturated carbocycles. The zero-order chi connectivity index (χ0) is 14.3. The Morgan fingerprint density at radius 3 is 2.55 bits per heavy atom. The van der Waals surface area contributed by atoms with Crippen LogP contribution in [0, 0.1) is 0 Å². The molecule has 0 saturated heterocycles. The molecule has 0 unspecified atom stereocenters. The third kappa shape index (κ3) is 2.07. The van der Waals surface area contributed by atoms with Crippen molar-refractivity contribution in [3.8, 4) is 11.4 Å². The van der Waals surface area contributed by atoms with Crippen molar-refractivity contribution in [2.75, 3.05) is 5.73 Å². The van der Waals surface area contributed by atoms with E-state index in [-0.39, 0.29) is 11.4 Å². The Bertz CT molecular complexity index is 777. The van der Waals surface area contributed by atoms with Crippen LogP contribution in [0.25, 0.3) is 17.0 Å². The largest absolute Gasteiger partial charge is 0.417 e. The number of fused-ring (bicyclic) bond motifs is 1. The topological polar surface area (TPSA) is 56.2 Å². The van der Waals surface area contributed by atoms with E-state index in [4.69, 9.17) is 5.73 Å². The molecule has 0 aliphatic rings. The zero-order valence-corrected chi connectivity index (χ0v) is 10.1. The standard InChI is InChI=1S/C13H9F3N4/c14-13(15,16)10-4-2-1-3-9(10)12-18-11-6-5-8(17)7-20(11)19-12/h1-7H,17H2. The van der Waals surface area contributed by atoms with E-state index < -0.39 is 11.7 Å². The summed E-state index contributed by atoms with van der Waals surface area (Å²) in [5, 5.41) is 4.04. The van der Waals surface area contributed by atoms with E-state index in [9.17, 15) is 13.2 Å². The molecule has 0 aliphatic heterocycles. The first-order valence-corrected chi connectivity index (χ1v) is 5.73. The van der Waals surface area contributed by atoms with Gasteiger partial charge in [0.25, 0.3) is 0 Å². The van der Waals surface area contributed by atoms with Gasteiger partial charge in [-0.3, -0.25) is 0 Å². The number of nitrogens with zero attached hydrogens (tertiary/aromatic N) is 3. The molecule has 0 amide bonds. The highest BCUT2D eigenvalue weighted by Gasteiger charge is 2.34. The maximum absolute atomic E-state index is 13.0. The monoisotopic (exact) mass is 278 g/mol. The van der Waals surface area contributed by atoms with Gasteiger partial charge in [-0.05, 0) is 18.2 Å². The number of benzene rings is 1. The number of pyridine rings is 1. The van der Waals surface area contributed by atoms with Crippen LogP contribution in [-0.2, 0) is 6.18 Å². The van der Waals surface area contributed by atoms with Gasteiger partial charge in [-0.1, -0.05) is 18.2 Å². The van der Waals surface area contributed by atoms with Gasteiger partial charge in [0, 0.05) is 5.56 Å². The molecular weight excluding hydrogens is 269 g/mol. The highest BCUT2D eigenvalue weighted by Crippen LogP contribution is 2.35. The third-order valence-corrected chi connectivity index (χ3v) is 2.83. The van der Waals surface area contributed by atoms with Crippen LogP contribution in [0.4, 0.5) is 18.9 Å². The molecule has 0 aliphatic carbocycles.